The maximum Gasteiger partial charge on any atom is 0.408 e. The van der Waals surface area contributed by atoms with E-state index in [1.165, 1.54) is 19.1 Å². The molecule has 60 heavy (non-hydrogen) atoms. The number of ketones is 1. The van der Waals surface area contributed by atoms with Gasteiger partial charge in [0.15, 0.2) is 23.6 Å². The van der Waals surface area contributed by atoms with Crippen molar-refractivity contribution in [1.82, 2.24) is 5.32 Å². The van der Waals surface area contributed by atoms with E-state index in [0.29, 0.717) is 12.0 Å². The maximum absolute atomic E-state index is 15.4. The van der Waals surface area contributed by atoms with E-state index in [2.05, 4.69) is 5.32 Å². The van der Waals surface area contributed by atoms with Gasteiger partial charge in [0.05, 0.1) is 24.1 Å². The summed E-state index contributed by atoms with van der Waals surface area (Å²) in [5, 5.41) is 27.9. The molecular formula is C45H53NO14. The van der Waals surface area contributed by atoms with Crippen LogP contribution in [0.25, 0.3) is 0 Å². The topological polar surface area (TPSA) is 210 Å². The molecule has 2 aromatic rings. The maximum atomic E-state index is 15.4. The Hall–Kier alpha value is -5.12. The molecule has 1 amide bonds. The Kier molecular flexibility index (Phi) is 10.8. The van der Waals surface area contributed by atoms with Crippen molar-refractivity contribution in [3.63, 3.8) is 0 Å². The number of rotatable bonds is 9. The number of carbonyl (C=O) groups excluding carboxylic acids is 6. The van der Waals surface area contributed by atoms with Gasteiger partial charge < -0.3 is 44.0 Å². The fourth-order valence-corrected chi connectivity index (χ4v) is 10.4. The van der Waals surface area contributed by atoms with Gasteiger partial charge in [0.2, 0.25) is 0 Å². The Labute approximate surface area is 348 Å². The first-order chi connectivity index (χ1) is 28.1. The summed E-state index contributed by atoms with van der Waals surface area (Å²) in [5.41, 5.74) is -6.79. The summed E-state index contributed by atoms with van der Waals surface area (Å²) < 4.78 is 36.0. The molecule has 1 spiro atoms. The third-order valence-corrected chi connectivity index (χ3v) is 13.2. The molecule has 0 radical (unpaired) electrons. The Bertz CT molecular complexity index is 2110. The highest BCUT2D eigenvalue weighted by atomic mass is 16.6. The highest BCUT2D eigenvalue weighted by Crippen LogP contribution is 2.74. The lowest BCUT2D eigenvalue weighted by Crippen LogP contribution is -2.78. The quantitative estimate of drug-likeness (QED) is 0.181. The first-order valence-electron chi connectivity index (χ1n) is 20.2. The van der Waals surface area contributed by atoms with E-state index in [0.717, 1.165) is 6.92 Å². The van der Waals surface area contributed by atoms with E-state index >= 15 is 4.79 Å². The largest absolute Gasteiger partial charge is 0.456 e. The number of esters is 4. The van der Waals surface area contributed by atoms with Gasteiger partial charge in [-0.1, -0.05) is 62.4 Å². The Morgan fingerprint density at radius 3 is 2.10 bits per heavy atom. The predicted molar refractivity (Wildman–Crippen MR) is 210 cm³/mol. The minimum Gasteiger partial charge on any atom is -0.456 e. The van der Waals surface area contributed by atoms with Gasteiger partial charge in [-0.15, -0.1) is 0 Å². The van der Waals surface area contributed by atoms with E-state index in [1.807, 2.05) is 0 Å². The average molecular weight is 832 g/mol. The molecule has 1 aliphatic heterocycles. The SMILES string of the molecule is CC(=O)O[C@@H]1C(=O)[C@@]23C[C@@H]2C[C@@H]2OC[C@]2(OC(C)=O)[C@@H]3[C@@H](OC(=O)c2ccccc2)[C@@]2(O)C[C@@H](OC(=O)[C@@H](O)[C@H](NC(=O)OC(C)(C)C)c3ccccc3)C(C)=C1C2(C)C. The molecule has 3 saturated carbocycles. The molecule has 0 aromatic heterocycles. The molecule has 322 valence electrons. The zero-order valence-electron chi connectivity index (χ0n) is 35.0. The minimum absolute atomic E-state index is 0.128. The van der Waals surface area contributed by atoms with E-state index in [4.69, 9.17) is 28.4 Å². The molecule has 2 aromatic carbocycles. The highest BCUT2D eigenvalue weighted by Gasteiger charge is 2.84. The van der Waals surface area contributed by atoms with Gasteiger partial charge in [0.25, 0.3) is 0 Å². The Balaban J connectivity index is 1.37. The number of aliphatic hydroxyl groups is 2. The van der Waals surface area contributed by atoms with Gasteiger partial charge in [0.1, 0.15) is 29.5 Å². The van der Waals surface area contributed by atoms with Crippen LogP contribution in [0.1, 0.15) is 96.6 Å². The number of hydrogen-bond donors (Lipinski definition) is 3. The lowest BCUT2D eigenvalue weighted by molar-refractivity contribution is -0.323. The molecule has 5 aliphatic rings. The van der Waals surface area contributed by atoms with Crippen LogP contribution in [0.4, 0.5) is 4.79 Å². The summed E-state index contributed by atoms with van der Waals surface area (Å²) in [5.74, 6) is -5.65. The van der Waals surface area contributed by atoms with Crippen LogP contribution in [0.5, 0.6) is 0 Å². The summed E-state index contributed by atoms with van der Waals surface area (Å²) in [4.78, 5) is 82.8. The van der Waals surface area contributed by atoms with Crippen molar-refractivity contribution in [2.45, 2.75) is 128 Å². The van der Waals surface area contributed by atoms with Crippen LogP contribution in [0.3, 0.4) is 0 Å². The standard InChI is InChI=1S/C45H53NO14/c1-23-29(57-39(52)33(49)32(26-15-11-9-12-16-26)46-40(53)60-41(4,5)6)21-45(54)37(58-38(51)27-17-13-10-14-18-27)35-43(36(50)34(56-24(2)47)31(23)42(45,7)8)20-28(43)19-30-44(35,22-55-30)59-25(3)48/h9-18,28-30,32-35,37,49,54H,19-22H2,1-8H3,(H,46,53)/t28-,29+,30-,32+,33-,34-,35+,37+,43-,44+,45-/m0/s1. The second-order valence-corrected chi connectivity index (χ2v) is 18.3. The van der Waals surface area contributed by atoms with Gasteiger partial charge >= 0.3 is 30.0 Å². The normalized spacial score (nSPS) is 33.3. The molecular weight excluding hydrogens is 778 g/mol. The van der Waals surface area contributed by atoms with Crippen LogP contribution in [-0.2, 0) is 47.6 Å². The minimum atomic E-state index is -2.25. The molecule has 3 N–H and O–H groups in total. The van der Waals surface area contributed by atoms with Gasteiger partial charge in [-0.3, -0.25) is 14.4 Å². The van der Waals surface area contributed by atoms with Gasteiger partial charge in [-0.05, 0) is 75.3 Å². The van der Waals surface area contributed by atoms with E-state index < -0.39 is 112 Å². The van der Waals surface area contributed by atoms with Crippen molar-refractivity contribution < 1.29 is 67.4 Å². The smallest absolute Gasteiger partial charge is 0.408 e. The monoisotopic (exact) mass is 831 g/mol. The van der Waals surface area contributed by atoms with Crippen molar-refractivity contribution in [1.29, 1.82) is 0 Å². The van der Waals surface area contributed by atoms with Crippen LogP contribution in [0.15, 0.2) is 71.8 Å². The first-order valence-corrected chi connectivity index (χ1v) is 20.2. The van der Waals surface area contributed by atoms with Crippen molar-refractivity contribution >= 4 is 35.8 Å². The molecule has 15 heteroatoms. The number of ether oxygens (including phenoxy) is 6. The second-order valence-electron chi connectivity index (χ2n) is 18.3. The number of nitrogens with one attached hydrogen (secondary N) is 1. The van der Waals surface area contributed by atoms with Gasteiger partial charge in [-0.2, -0.15) is 0 Å². The Morgan fingerprint density at radius 2 is 1.53 bits per heavy atom. The summed E-state index contributed by atoms with van der Waals surface area (Å²) >= 11 is 0. The van der Waals surface area contributed by atoms with Crippen LogP contribution >= 0.6 is 0 Å². The lowest BCUT2D eigenvalue weighted by atomic mass is 9.48. The predicted octanol–water partition coefficient (Wildman–Crippen LogP) is 4.47. The lowest BCUT2D eigenvalue weighted by Gasteiger charge is -2.64. The fraction of sp³-hybridized carbons (Fsp3) is 0.556. The van der Waals surface area contributed by atoms with Crippen molar-refractivity contribution in [3.8, 4) is 0 Å². The van der Waals surface area contributed by atoms with Gasteiger partial charge in [-0.25, -0.2) is 14.4 Å². The van der Waals surface area contributed by atoms with Crippen molar-refractivity contribution in [2.24, 2.45) is 22.7 Å². The second kappa shape index (κ2) is 15.1. The molecule has 1 saturated heterocycles. The van der Waals surface area contributed by atoms with Crippen LogP contribution in [0.2, 0.25) is 0 Å². The van der Waals surface area contributed by atoms with Crippen LogP contribution < -0.4 is 5.32 Å². The average Bonchev–Trinajstić information content (AvgIpc) is 3.90. The molecule has 4 fully saturated rings. The fourth-order valence-electron chi connectivity index (χ4n) is 10.4. The highest BCUT2D eigenvalue weighted by molar-refractivity contribution is 5.97. The van der Waals surface area contributed by atoms with Crippen LogP contribution in [0, 0.1) is 22.7 Å². The number of amides is 1. The number of Topliss-reactive ketones (excluding diaryl/α,β-unsaturated/α-hetero) is 1. The molecule has 2 bridgehead atoms. The third-order valence-electron chi connectivity index (χ3n) is 13.2. The van der Waals surface area contributed by atoms with Gasteiger partial charge in [0, 0.05) is 31.1 Å². The first kappa shape index (κ1) is 43.0. The van der Waals surface area contributed by atoms with Crippen LogP contribution in [-0.4, -0.2) is 99.9 Å². The number of fused-ring (bicyclic) bond motifs is 4. The summed E-state index contributed by atoms with van der Waals surface area (Å²) in [6.07, 6.45) is -8.18. The number of alkyl carbamates (subject to hydrolysis) is 1. The van der Waals surface area contributed by atoms with Crippen molar-refractivity contribution in [2.75, 3.05) is 6.61 Å². The Morgan fingerprint density at radius 1 is 0.900 bits per heavy atom. The molecule has 7 rings (SSSR count). The van der Waals surface area contributed by atoms with E-state index in [9.17, 15) is 34.2 Å². The van der Waals surface area contributed by atoms with E-state index in [-0.39, 0.29) is 35.7 Å². The van der Waals surface area contributed by atoms with E-state index in [1.54, 1.807) is 90.1 Å². The van der Waals surface area contributed by atoms with Crippen molar-refractivity contribution in [3.05, 3.63) is 82.9 Å². The summed E-state index contributed by atoms with van der Waals surface area (Å²) in [7, 11) is 0. The number of carbonyl (C=O) groups is 6. The zero-order valence-corrected chi connectivity index (χ0v) is 35.0. The summed E-state index contributed by atoms with van der Waals surface area (Å²) in [6.45, 7) is 12.0. The number of hydrogen-bond acceptors (Lipinski definition) is 14. The molecule has 15 nitrogen and oxygen atoms in total. The molecule has 1 heterocycles. The molecule has 4 aliphatic carbocycles. The third kappa shape index (κ3) is 7.07. The number of aliphatic hydroxyl groups excluding tert-OH is 1. The molecule has 11 atom stereocenters. The number of benzene rings is 2. The summed E-state index contributed by atoms with van der Waals surface area (Å²) in [6, 6.07) is 14.9. The zero-order chi connectivity index (χ0) is 43.7. The molecule has 0 unspecified atom stereocenters.